The highest BCUT2D eigenvalue weighted by Crippen LogP contribution is 2.30. The number of hydrogen-bond donors (Lipinski definition) is 2. The molecule has 1 fully saturated rings. The predicted octanol–water partition coefficient (Wildman–Crippen LogP) is 1.07. The van der Waals surface area contributed by atoms with Crippen molar-refractivity contribution in [2.75, 3.05) is 13.1 Å². The van der Waals surface area contributed by atoms with Gasteiger partial charge in [-0.3, -0.25) is 14.5 Å². The van der Waals surface area contributed by atoms with Gasteiger partial charge in [0.05, 0.1) is 17.7 Å². The molecule has 0 unspecified atom stereocenters. The topological polar surface area (TPSA) is 105 Å². The summed E-state index contributed by atoms with van der Waals surface area (Å²) in [5, 5.41) is 11.0. The van der Waals surface area contributed by atoms with Crippen molar-refractivity contribution in [3.63, 3.8) is 0 Å². The molecule has 2 N–H and O–H groups in total. The zero-order valence-corrected chi connectivity index (χ0v) is 13.3. The van der Waals surface area contributed by atoms with E-state index in [0.717, 1.165) is 4.90 Å². The van der Waals surface area contributed by atoms with Crippen molar-refractivity contribution in [3.8, 4) is 0 Å². The molecule has 128 valence electrons. The molecule has 1 saturated heterocycles. The standard InChI is InChI=1S/C16H18N2O6/c1-16(2)23-11(7-17-15(21)22)12(24-16)8-18-13(19)9-5-3-4-6-10(9)14(18)20/h3-6,11-12,17H,7-8H2,1-2H3,(H,21,22)/t11-,12-/m1/s1. The summed E-state index contributed by atoms with van der Waals surface area (Å²) in [6, 6.07) is 6.61. The molecule has 2 heterocycles. The Hall–Kier alpha value is -2.45. The van der Waals surface area contributed by atoms with Gasteiger partial charge in [-0.1, -0.05) is 12.1 Å². The van der Waals surface area contributed by atoms with E-state index >= 15 is 0 Å². The van der Waals surface area contributed by atoms with Crippen molar-refractivity contribution in [1.82, 2.24) is 10.2 Å². The van der Waals surface area contributed by atoms with Gasteiger partial charge in [0.1, 0.15) is 12.2 Å². The number of benzene rings is 1. The van der Waals surface area contributed by atoms with Crippen LogP contribution in [0.25, 0.3) is 0 Å². The number of rotatable bonds is 4. The van der Waals surface area contributed by atoms with Gasteiger partial charge in [0.2, 0.25) is 0 Å². The van der Waals surface area contributed by atoms with Gasteiger partial charge >= 0.3 is 6.09 Å². The lowest BCUT2D eigenvalue weighted by Crippen LogP contribution is -2.44. The number of fused-ring (bicyclic) bond motifs is 1. The molecule has 2 aliphatic rings. The van der Waals surface area contributed by atoms with Gasteiger partial charge in [0, 0.05) is 6.54 Å². The van der Waals surface area contributed by atoms with Gasteiger partial charge in [-0.15, -0.1) is 0 Å². The average molecular weight is 334 g/mol. The summed E-state index contributed by atoms with van der Waals surface area (Å²) < 4.78 is 11.4. The maximum atomic E-state index is 12.4. The zero-order chi connectivity index (χ0) is 17.5. The second-order valence-electron chi connectivity index (χ2n) is 6.16. The normalized spacial score (nSPS) is 25.0. The molecule has 0 radical (unpaired) electrons. The van der Waals surface area contributed by atoms with E-state index in [4.69, 9.17) is 14.6 Å². The third-order valence-electron chi connectivity index (χ3n) is 3.98. The zero-order valence-electron chi connectivity index (χ0n) is 13.3. The van der Waals surface area contributed by atoms with Crippen LogP contribution in [-0.4, -0.2) is 59.0 Å². The highest BCUT2D eigenvalue weighted by atomic mass is 16.8. The van der Waals surface area contributed by atoms with Crippen LogP contribution in [0.4, 0.5) is 4.79 Å². The highest BCUT2D eigenvalue weighted by Gasteiger charge is 2.45. The van der Waals surface area contributed by atoms with E-state index in [1.165, 1.54) is 0 Å². The Morgan fingerprint density at radius 1 is 1.17 bits per heavy atom. The molecule has 3 amide bonds. The minimum atomic E-state index is -1.18. The number of hydrogen-bond acceptors (Lipinski definition) is 5. The number of amides is 3. The van der Waals surface area contributed by atoms with E-state index in [2.05, 4.69) is 5.32 Å². The maximum Gasteiger partial charge on any atom is 0.404 e. The van der Waals surface area contributed by atoms with Crippen molar-refractivity contribution < 1.29 is 29.0 Å². The number of imide groups is 1. The molecule has 2 atom stereocenters. The van der Waals surface area contributed by atoms with Gasteiger partial charge in [-0.25, -0.2) is 4.79 Å². The van der Waals surface area contributed by atoms with E-state index in [1.807, 2.05) is 0 Å². The van der Waals surface area contributed by atoms with Gasteiger partial charge in [0.25, 0.3) is 11.8 Å². The average Bonchev–Trinajstić information content (AvgIpc) is 2.94. The van der Waals surface area contributed by atoms with Crippen LogP contribution in [0, 0.1) is 0 Å². The molecule has 24 heavy (non-hydrogen) atoms. The number of carbonyl (C=O) groups is 3. The maximum absolute atomic E-state index is 12.4. The minimum absolute atomic E-state index is 0.00173. The van der Waals surface area contributed by atoms with E-state index in [-0.39, 0.29) is 24.9 Å². The van der Waals surface area contributed by atoms with Crippen LogP contribution in [0.1, 0.15) is 34.6 Å². The van der Waals surface area contributed by atoms with Crippen LogP contribution in [0.2, 0.25) is 0 Å². The van der Waals surface area contributed by atoms with Crippen molar-refractivity contribution in [3.05, 3.63) is 35.4 Å². The number of ether oxygens (including phenoxy) is 2. The van der Waals surface area contributed by atoms with Crippen molar-refractivity contribution in [2.24, 2.45) is 0 Å². The number of nitrogens with one attached hydrogen (secondary N) is 1. The Bertz CT molecular complexity index is 667. The van der Waals surface area contributed by atoms with Crippen molar-refractivity contribution in [1.29, 1.82) is 0 Å². The highest BCUT2D eigenvalue weighted by molar-refractivity contribution is 6.21. The molecule has 0 saturated carbocycles. The summed E-state index contributed by atoms with van der Waals surface area (Å²) in [5.41, 5.74) is 0.724. The molecular weight excluding hydrogens is 316 g/mol. The Labute approximate surface area is 138 Å². The summed E-state index contributed by atoms with van der Waals surface area (Å²) in [6.45, 7) is 3.40. The van der Waals surface area contributed by atoms with Crippen LogP contribution in [0.5, 0.6) is 0 Å². The SMILES string of the molecule is CC1(C)O[C@H](CNC(=O)O)[C@@H](CN2C(=O)c3ccccc3C2=O)O1. The fraction of sp³-hybridized carbons (Fsp3) is 0.438. The summed E-state index contributed by atoms with van der Waals surface area (Å²) in [7, 11) is 0. The molecule has 0 aliphatic carbocycles. The lowest BCUT2D eigenvalue weighted by atomic mass is 10.1. The Morgan fingerprint density at radius 2 is 1.71 bits per heavy atom. The summed E-state index contributed by atoms with van der Waals surface area (Å²) >= 11 is 0. The Balaban J connectivity index is 1.76. The van der Waals surface area contributed by atoms with Crippen LogP contribution in [0.15, 0.2) is 24.3 Å². The van der Waals surface area contributed by atoms with Crippen LogP contribution in [0.3, 0.4) is 0 Å². The molecule has 1 aromatic carbocycles. The van der Waals surface area contributed by atoms with Crippen LogP contribution >= 0.6 is 0 Å². The first-order valence-corrected chi connectivity index (χ1v) is 7.56. The Morgan fingerprint density at radius 3 is 2.25 bits per heavy atom. The lowest BCUT2D eigenvalue weighted by molar-refractivity contribution is -0.146. The van der Waals surface area contributed by atoms with E-state index < -0.39 is 24.1 Å². The molecule has 0 spiro atoms. The number of carbonyl (C=O) groups excluding carboxylic acids is 2. The Kier molecular flexibility index (Phi) is 4.02. The smallest absolute Gasteiger partial charge is 0.404 e. The first-order chi connectivity index (χ1) is 11.3. The van der Waals surface area contributed by atoms with Crippen molar-refractivity contribution in [2.45, 2.75) is 31.8 Å². The molecule has 0 bridgehead atoms. The monoisotopic (exact) mass is 334 g/mol. The second kappa shape index (κ2) is 5.88. The van der Waals surface area contributed by atoms with Gasteiger partial charge in [-0.05, 0) is 26.0 Å². The largest absolute Gasteiger partial charge is 0.465 e. The first kappa shape index (κ1) is 16.4. The number of nitrogens with zero attached hydrogens (tertiary/aromatic N) is 1. The minimum Gasteiger partial charge on any atom is -0.465 e. The van der Waals surface area contributed by atoms with Crippen molar-refractivity contribution >= 4 is 17.9 Å². The third-order valence-corrected chi connectivity index (χ3v) is 3.98. The van der Waals surface area contributed by atoms with Crippen LogP contribution in [-0.2, 0) is 9.47 Å². The lowest BCUT2D eigenvalue weighted by Gasteiger charge is -2.22. The van der Waals surface area contributed by atoms with Crippen LogP contribution < -0.4 is 5.32 Å². The summed E-state index contributed by atoms with van der Waals surface area (Å²) in [6.07, 6.45) is -2.39. The summed E-state index contributed by atoms with van der Waals surface area (Å²) in [4.78, 5) is 36.7. The summed E-state index contributed by atoms with van der Waals surface area (Å²) in [5.74, 6) is -1.68. The molecular formula is C16H18N2O6. The van der Waals surface area contributed by atoms with E-state index in [9.17, 15) is 14.4 Å². The fourth-order valence-corrected chi connectivity index (χ4v) is 3.01. The molecule has 2 aliphatic heterocycles. The second-order valence-corrected chi connectivity index (χ2v) is 6.16. The van der Waals surface area contributed by atoms with Gasteiger partial charge < -0.3 is 19.9 Å². The van der Waals surface area contributed by atoms with E-state index in [1.54, 1.807) is 38.1 Å². The number of carboxylic acid groups (broad SMARTS) is 1. The van der Waals surface area contributed by atoms with E-state index in [0.29, 0.717) is 11.1 Å². The molecule has 1 aromatic rings. The predicted molar refractivity (Wildman–Crippen MR) is 81.7 cm³/mol. The molecule has 0 aromatic heterocycles. The molecule has 8 nitrogen and oxygen atoms in total. The fourth-order valence-electron chi connectivity index (χ4n) is 3.01. The van der Waals surface area contributed by atoms with Gasteiger partial charge in [-0.2, -0.15) is 0 Å². The molecule has 8 heteroatoms. The quantitative estimate of drug-likeness (QED) is 0.798. The third kappa shape index (κ3) is 2.98. The van der Waals surface area contributed by atoms with Gasteiger partial charge in [0.15, 0.2) is 5.79 Å². The molecule has 3 rings (SSSR count). The first-order valence-electron chi connectivity index (χ1n) is 7.56.